The van der Waals surface area contributed by atoms with Gasteiger partial charge in [0.25, 0.3) is 0 Å². The highest BCUT2D eigenvalue weighted by molar-refractivity contribution is 5.86. The van der Waals surface area contributed by atoms with Gasteiger partial charge in [-0.1, -0.05) is 30.3 Å². The Morgan fingerprint density at radius 2 is 1.88 bits per heavy atom. The van der Waals surface area contributed by atoms with Gasteiger partial charge in [0.1, 0.15) is 0 Å². The molecule has 1 aromatic carbocycles. The highest BCUT2D eigenvalue weighted by atomic mass is 19.3. The third-order valence-corrected chi connectivity index (χ3v) is 2.73. The Hall–Kier alpha value is -1.33. The lowest BCUT2D eigenvalue weighted by Gasteiger charge is -2.31. The third kappa shape index (κ3) is 3.31. The Morgan fingerprint density at radius 1 is 1.24 bits per heavy atom. The molecule has 0 unspecified atom stereocenters. The summed E-state index contributed by atoms with van der Waals surface area (Å²) in [6.45, 7) is 0.438. The summed E-state index contributed by atoms with van der Waals surface area (Å²) in [5, 5.41) is 0. The van der Waals surface area contributed by atoms with E-state index in [0.29, 0.717) is 13.1 Å². The molecule has 0 atom stereocenters. The van der Waals surface area contributed by atoms with Crippen LogP contribution in [0.3, 0.4) is 0 Å². The number of hydrogen-bond donors (Lipinski definition) is 0. The lowest BCUT2D eigenvalue weighted by Crippen LogP contribution is -2.48. The van der Waals surface area contributed by atoms with Gasteiger partial charge in [-0.3, -0.25) is 9.69 Å². The molecule has 94 valence electrons. The summed E-state index contributed by atoms with van der Waals surface area (Å²) in [4.78, 5) is 12.6. The number of benzene rings is 1. The molecule has 1 heterocycles. The number of likely N-dealkylation sites (tertiary alicyclic amines) is 1. The van der Waals surface area contributed by atoms with Crippen LogP contribution in [0, 0.1) is 0 Å². The summed E-state index contributed by atoms with van der Waals surface area (Å²) >= 11 is 0. The first-order valence-electron chi connectivity index (χ1n) is 5.25. The van der Waals surface area contributed by atoms with Crippen molar-refractivity contribution in [3.63, 3.8) is 0 Å². The molecule has 2 rings (SSSR count). The van der Waals surface area contributed by atoms with Gasteiger partial charge < -0.3 is 5.48 Å². The van der Waals surface area contributed by atoms with Crippen molar-refractivity contribution in [2.75, 3.05) is 13.1 Å². The van der Waals surface area contributed by atoms with Gasteiger partial charge in [-0.15, -0.1) is 0 Å². The summed E-state index contributed by atoms with van der Waals surface area (Å²) in [6.07, 6.45) is -0.0557. The molecule has 1 aromatic rings. The zero-order valence-corrected chi connectivity index (χ0v) is 9.33. The van der Waals surface area contributed by atoms with Crippen molar-refractivity contribution in [1.82, 2.24) is 4.90 Å². The number of halogens is 2. The second-order valence-corrected chi connectivity index (χ2v) is 4.07. The quantitative estimate of drug-likeness (QED) is 0.785. The van der Waals surface area contributed by atoms with Crippen LogP contribution in [0.15, 0.2) is 30.3 Å². The van der Waals surface area contributed by atoms with Crippen molar-refractivity contribution in [2.45, 2.75) is 18.9 Å². The Balaban J connectivity index is 0.00000144. The number of carbonyl (C=O) groups is 1. The van der Waals surface area contributed by atoms with Crippen LogP contribution in [0.2, 0.25) is 0 Å². The van der Waals surface area contributed by atoms with E-state index in [0.717, 1.165) is 5.56 Å². The molecule has 2 N–H and O–H groups in total. The molecule has 1 aliphatic heterocycles. The van der Waals surface area contributed by atoms with Crippen LogP contribution in [-0.4, -0.2) is 35.2 Å². The fourth-order valence-corrected chi connectivity index (χ4v) is 1.87. The summed E-state index contributed by atoms with van der Waals surface area (Å²) in [5.74, 6) is -4.11. The molecule has 1 fully saturated rings. The van der Waals surface area contributed by atoms with E-state index >= 15 is 0 Å². The Morgan fingerprint density at radius 3 is 2.47 bits per heavy atom. The number of alkyl halides is 2. The number of piperidine rings is 1. The van der Waals surface area contributed by atoms with Crippen molar-refractivity contribution < 1.29 is 19.1 Å². The SMILES string of the molecule is O.O=C1CCN(Cc2ccccc2)CC1(F)F. The standard InChI is InChI=1S/C12H13F2NO.H2O/c13-12(14)9-15(7-6-11(12)16)8-10-4-2-1-3-5-10;/h1-5H,6-9H2;1H2. The van der Waals surface area contributed by atoms with E-state index in [1.165, 1.54) is 0 Å². The topological polar surface area (TPSA) is 51.8 Å². The van der Waals surface area contributed by atoms with Crippen LogP contribution in [0.5, 0.6) is 0 Å². The molecule has 1 aliphatic rings. The molecule has 0 bridgehead atoms. The molecule has 17 heavy (non-hydrogen) atoms. The molecule has 0 radical (unpaired) electrons. The molecule has 3 nitrogen and oxygen atoms in total. The molecular formula is C12H15F2NO2. The van der Waals surface area contributed by atoms with Gasteiger partial charge in [-0.05, 0) is 5.56 Å². The molecule has 0 spiro atoms. The number of rotatable bonds is 2. The fourth-order valence-electron chi connectivity index (χ4n) is 1.87. The summed E-state index contributed by atoms with van der Waals surface area (Å²) in [5.41, 5.74) is 0.993. The van der Waals surface area contributed by atoms with Gasteiger partial charge in [-0.2, -0.15) is 8.78 Å². The molecule has 0 saturated carbocycles. The minimum atomic E-state index is -3.17. The number of Topliss-reactive ketones (excluding diaryl/α,β-unsaturated/α-hetero) is 1. The van der Waals surface area contributed by atoms with Crippen molar-refractivity contribution in [3.8, 4) is 0 Å². The molecule has 5 heteroatoms. The average molecular weight is 243 g/mol. The Kier molecular flexibility index (Phi) is 4.31. The van der Waals surface area contributed by atoms with Gasteiger partial charge >= 0.3 is 5.92 Å². The minimum absolute atomic E-state index is 0. The lowest BCUT2D eigenvalue weighted by atomic mass is 10.0. The number of ketones is 1. The van der Waals surface area contributed by atoms with Crippen molar-refractivity contribution in [1.29, 1.82) is 0 Å². The van der Waals surface area contributed by atoms with Crippen LogP contribution in [0.4, 0.5) is 8.78 Å². The fraction of sp³-hybridized carbons (Fsp3) is 0.417. The monoisotopic (exact) mass is 243 g/mol. The maximum Gasteiger partial charge on any atom is 0.317 e. The number of hydrogen-bond acceptors (Lipinski definition) is 2. The highest BCUT2D eigenvalue weighted by Gasteiger charge is 2.43. The van der Waals surface area contributed by atoms with E-state index in [9.17, 15) is 13.6 Å². The van der Waals surface area contributed by atoms with Crippen LogP contribution in [0.1, 0.15) is 12.0 Å². The smallest absolute Gasteiger partial charge is 0.317 e. The average Bonchev–Trinajstić information content (AvgIpc) is 2.25. The van der Waals surface area contributed by atoms with Gasteiger partial charge in [-0.25, -0.2) is 0 Å². The predicted octanol–water partition coefficient (Wildman–Crippen LogP) is 1.27. The number of carbonyl (C=O) groups excluding carboxylic acids is 1. The van der Waals surface area contributed by atoms with Crippen LogP contribution < -0.4 is 0 Å². The maximum absolute atomic E-state index is 13.2. The van der Waals surface area contributed by atoms with E-state index in [4.69, 9.17) is 0 Å². The van der Waals surface area contributed by atoms with E-state index in [2.05, 4.69) is 0 Å². The van der Waals surface area contributed by atoms with Gasteiger partial charge in [0, 0.05) is 19.5 Å². The van der Waals surface area contributed by atoms with E-state index in [-0.39, 0.29) is 11.9 Å². The zero-order valence-electron chi connectivity index (χ0n) is 9.33. The highest BCUT2D eigenvalue weighted by Crippen LogP contribution is 2.24. The first-order chi connectivity index (χ1) is 7.58. The molecule has 0 aliphatic carbocycles. The van der Waals surface area contributed by atoms with Crippen molar-refractivity contribution in [2.24, 2.45) is 0 Å². The molecule has 0 aromatic heterocycles. The minimum Gasteiger partial charge on any atom is -0.412 e. The Bertz CT molecular complexity index is 381. The third-order valence-electron chi connectivity index (χ3n) is 2.73. The van der Waals surface area contributed by atoms with Gasteiger partial charge in [0.05, 0.1) is 6.54 Å². The van der Waals surface area contributed by atoms with E-state index in [1.54, 1.807) is 4.90 Å². The summed E-state index contributed by atoms with van der Waals surface area (Å²) in [6, 6.07) is 9.44. The van der Waals surface area contributed by atoms with E-state index in [1.807, 2.05) is 30.3 Å². The second-order valence-electron chi connectivity index (χ2n) is 4.07. The first kappa shape index (κ1) is 13.7. The molecule has 1 saturated heterocycles. The van der Waals surface area contributed by atoms with Crippen LogP contribution in [-0.2, 0) is 11.3 Å². The molecular weight excluding hydrogens is 228 g/mol. The van der Waals surface area contributed by atoms with Crippen LogP contribution in [0.25, 0.3) is 0 Å². The van der Waals surface area contributed by atoms with Crippen molar-refractivity contribution >= 4 is 5.78 Å². The maximum atomic E-state index is 13.2. The van der Waals surface area contributed by atoms with E-state index < -0.39 is 18.3 Å². The number of nitrogens with zero attached hydrogens (tertiary/aromatic N) is 1. The summed E-state index contributed by atoms with van der Waals surface area (Å²) < 4.78 is 26.3. The Labute approximate surface area is 98.3 Å². The molecule has 0 amide bonds. The van der Waals surface area contributed by atoms with Gasteiger partial charge in [0.2, 0.25) is 5.78 Å². The largest absolute Gasteiger partial charge is 0.412 e. The van der Waals surface area contributed by atoms with Gasteiger partial charge in [0.15, 0.2) is 0 Å². The zero-order chi connectivity index (χ0) is 11.6. The second kappa shape index (κ2) is 5.33. The normalized spacial score (nSPS) is 19.8. The summed E-state index contributed by atoms with van der Waals surface area (Å²) in [7, 11) is 0. The lowest BCUT2D eigenvalue weighted by molar-refractivity contribution is -0.151. The first-order valence-corrected chi connectivity index (χ1v) is 5.25. The van der Waals surface area contributed by atoms with Crippen molar-refractivity contribution in [3.05, 3.63) is 35.9 Å². The van der Waals surface area contributed by atoms with Crippen LogP contribution >= 0.6 is 0 Å². The predicted molar refractivity (Wildman–Crippen MR) is 59.9 cm³/mol.